The summed E-state index contributed by atoms with van der Waals surface area (Å²) in [5.74, 6) is 0.0277. The number of nitrogens with zero attached hydrogens (tertiary/aromatic N) is 2. The number of benzene rings is 1. The van der Waals surface area contributed by atoms with Crippen molar-refractivity contribution in [1.82, 2.24) is 9.55 Å². The summed E-state index contributed by atoms with van der Waals surface area (Å²) in [6.07, 6.45) is 1.80. The Morgan fingerprint density at radius 3 is 2.57 bits per heavy atom. The highest BCUT2D eigenvalue weighted by atomic mass is 16.6. The van der Waals surface area contributed by atoms with Crippen molar-refractivity contribution in [3.8, 4) is 0 Å². The standard InChI is InChI=1S/C22H27N3O5/c1-5-22(19(27)30-21(2,3)4)12-11-17-23-13-16(18(26)25(17)22)24-20(28)29-14-15-9-7-6-8-10-15/h6-10,13H,5,11-12,14H2,1-4H3,(H,24,28). The van der Waals surface area contributed by atoms with Gasteiger partial charge in [-0.3, -0.25) is 14.7 Å². The number of aryl methyl sites for hydroxylation is 1. The Morgan fingerprint density at radius 2 is 1.93 bits per heavy atom. The van der Waals surface area contributed by atoms with E-state index in [4.69, 9.17) is 9.47 Å². The Balaban J connectivity index is 1.83. The van der Waals surface area contributed by atoms with Crippen LogP contribution >= 0.6 is 0 Å². The Hall–Kier alpha value is -3.16. The normalized spacial score (nSPS) is 17.9. The number of hydrogen-bond acceptors (Lipinski definition) is 6. The van der Waals surface area contributed by atoms with Gasteiger partial charge in [-0.05, 0) is 39.2 Å². The van der Waals surface area contributed by atoms with E-state index in [1.165, 1.54) is 10.8 Å². The van der Waals surface area contributed by atoms with Gasteiger partial charge in [0.1, 0.15) is 29.3 Å². The molecule has 160 valence electrons. The van der Waals surface area contributed by atoms with Gasteiger partial charge >= 0.3 is 12.1 Å². The lowest BCUT2D eigenvalue weighted by Gasteiger charge is -2.32. The van der Waals surface area contributed by atoms with E-state index in [2.05, 4.69) is 10.3 Å². The molecule has 1 atom stereocenters. The fraction of sp³-hybridized carbons (Fsp3) is 0.455. The van der Waals surface area contributed by atoms with Gasteiger partial charge in [0.25, 0.3) is 5.56 Å². The largest absolute Gasteiger partial charge is 0.458 e. The van der Waals surface area contributed by atoms with Gasteiger partial charge in [0.05, 0.1) is 6.20 Å². The quantitative estimate of drug-likeness (QED) is 0.755. The van der Waals surface area contributed by atoms with E-state index < -0.39 is 28.8 Å². The van der Waals surface area contributed by atoms with Gasteiger partial charge < -0.3 is 9.47 Å². The molecule has 3 rings (SSSR count). The van der Waals surface area contributed by atoms with Crippen LogP contribution in [0.1, 0.15) is 51.9 Å². The zero-order valence-corrected chi connectivity index (χ0v) is 17.7. The summed E-state index contributed by atoms with van der Waals surface area (Å²) in [6, 6.07) is 9.21. The van der Waals surface area contributed by atoms with Crippen molar-refractivity contribution in [2.24, 2.45) is 0 Å². The summed E-state index contributed by atoms with van der Waals surface area (Å²) >= 11 is 0. The zero-order chi connectivity index (χ0) is 21.9. The number of hydrogen-bond donors (Lipinski definition) is 1. The van der Waals surface area contributed by atoms with Crippen molar-refractivity contribution in [1.29, 1.82) is 0 Å². The van der Waals surface area contributed by atoms with E-state index in [0.717, 1.165) is 5.56 Å². The van der Waals surface area contributed by atoms with Gasteiger partial charge in [0.2, 0.25) is 0 Å². The molecule has 2 aromatic rings. The molecule has 1 aliphatic rings. The molecule has 2 heterocycles. The predicted molar refractivity (Wildman–Crippen MR) is 111 cm³/mol. The second-order valence-corrected chi connectivity index (χ2v) is 8.30. The van der Waals surface area contributed by atoms with E-state index in [1.54, 1.807) is 20.8 Å². The topological polar surface area (TPSA) is 99.5 Å². The smallest absolute Gasteiger partial charge is 0.412 e. The maximum absolute atomic E-state index is 13.2. The van der Waals surface area contributed by atoms with Gasteiger partial charge in [0, 0.05) is 6.42 Å². The molecule has 0 saturated heterocycles. The third kappa shape index (κ3) is 4.37. The molecule has 0 bridgehead atoms. The number of esters is 1. The van der Waals surface area contributed by atoms with Crippen molar-refractivity contribution in [2.75, 3.05) is 5.32 Å². The van der Waals surface area contributed by atoms with Crippen LogP contribution in [0.2, 0.25) is 0 Å². The summed E-state index contributed by atoms with van der Waals surface area (Å²) in [6.45, 7) is 7.26. The lowest BCUT2D eigenvalue weighted by atomic mass is 9.93. The van der Waals surface area contributed by atoms with Crippen LogP contribution in [0, 0.1) is 0 Å². The van der Waals surface area contributed by atoms with Crippen LogP contribution < -0.4 is 10.9 Å². The Bertz CT molecular complexity index is 994. The molecule has 1 aliphatic heterocycles. The highest BCUT2D eigenvalue weighted by Gasteiger charge is 2.48. The molecular weight excluding hydrogens is 386 g/mol. The van der Waals surface area contributed by atoms with Gasteiger partial charge in [-0.25, -0.2) is 14.6 Å². The number of ether oxygens (including phenoxy) is 2. The number of carbonyl (C=O) groups excluding carboxylic acids is 2. The maximum atomic E-state index is 13.2. The summed E-state index contributed by atoms with van der Waals surface area (Å²) in [5.41, 5.74) is -1.54. The second kappa shape index (κ2) is 8.30. The Kier molecular flexibility index (Phi) is 5.96. The van der Waals surface area contributed by atoms with E-state index in [0.29, 0.717) is 25.1 Å². The predicted octanol–water partition coefficient (Wildman–Crippen LogP) is 3.39. The molecule has 1 amide bonds. The fourth-order valence-electron chi connectivity index (χ4n) is 3.54. The van der Waals surface area contributed by atoms with Crippen molar-refractivity contribution in [3.05, 3.63) is 58.3 Å². The van der Waals surface area contributed by atoms with Crippen LogP contribution in [-0.2, 0) is 32.8 Å². The van der Waals surface area contributed by atoms with Crippen LogP contribution in [0.4, 0.5) is 10.5 Å². The molecule has 0 aliphatic carbocycles. The highest BCUT2D eigenvalue weighted by Crippen LogP contribution is 2.35. The Morgan fingerprint density at radius 1 is 1.23 bits per heavy atom. The lowest BCUT2D eigenvalue weighted by molar-refractivity contribution is -0.166. The molecule has 0 fully saturated rings. The number of carbonyl (C=O) groups is 2. The molecule has 8 nitrogen and oxygen atoms in total. The molecule has 0 saturated carbocycles. The van der Waals surface area contributed by atoms with Crippen LogP contribution in [-0.4, -0.2) is 27.2 Å². The molecule has 1 aromatic carbocycles. The van der Waals surface area contributed by atoms with Crippen LogP contribution in [0.5, 0.6) is 0 Å². The third-order valence-corrected chi connectivity index (χ3v) is 5.04. The third-order valence-electron chi connectivity index (χ3n) is 5.04. The average Bonchev–Trinajstić information content (AvgIpc) is 3.09. The highest BCUT2D eigenvalue weighted by molar-refractivity contribution is 5.84. The van der Waals surface area contributed by atoms with E-state index in [-0.39, 0.29) is 12.3 Å². The number of aromatic nitrogens is 2. The number of amides is 1. The average molecular weight is 413 g/mol. The van der Waals surface area contributed by atoms with E-state index in [1.807, 2.05) is 37.3 Å². The van der Waals surface area contributed by atoms with Crippen LogP contribution in [0.15, 0.2) is 41.3 Å². The minimum absolute atomic E-state index is 0.0416. The van der Waals surface area contributed by atoms with E-state index >= 15 is 0 Å². The molecule has 1 aromatic heterocycles. The van der Waals surface area contributed by atoms with Crippen LogP contribution in [0.25, 0.3) is 0 Å². The fourth-order valence-corrected chi connectivity index (χ4v) is 3.54. The van der Waals surface area contributed by atoms with Crippen LogP contribution in [0.3, 0.4) is 0 Å². The molecule has 30 heavy (non-hydrogen) atoms. The summed E-state index contributed by atoms with van der Waals surface area (Å²) < 4.78 is 12.1. The molecular formula is C22H27N3O5. The molecule has 1 unspecified atom stereocenters. The minimum atomic E-state index is -1.14. The SMILES string of the molecule is CCC1(C(=O)OC(C)(C)C)CCc2ncc(NC(=O)OCc3ccccc3)c(=O)n21. The van der Waals surface area contributed by atoms with Gasteiger partial charge in [0.15, 0.2) is 0 Å². The number of nitrogens with one attached hydrogen (secondary N) is 1. The lowest BCUT2D eigenvalue weighted by Crippen LogP contribution is -2.48. The summed E-state index contributed by atoms with van der Waals surface area (Å²) in [7, 11) is 0. The molecule has 1 N–H and O–H groups in total. The van der Waals surface area contributed by atoms with E-state index in [9.17, 15) is 14.4 Å². The number of rotatable bonds is 5. The summed E-state index contributed by atoms with van der Waals surface area (Å²) in [4.78, 5) is 42.6. The molecule has 0 spiro atoms. The first kappa shape index (κ1) is 21.5. The molecule has 0 radical (unpaired) electrons. The first-order chi connectivity index (χ1) is 14.2. The zero-order valence-electron chi connectivity index (χ0n) is 17.7. The van der Waals surface area contributed by atoms with Gasteiger partial charge in [-0.1, -0.05) is 37.3 Å². The molecule has 8 heteroatoms. The van der Waals surface area contributed by atoms with Crippen molar-refractivity contribution in [3.63, 3.8) is 0 Å². The summed E-state index contributed by atoms with van der Waals surface area (Å²) in [5, 5.41) is 2.45. The maximum Gasteiger partial charge on any atom is 0.412 e. The van der Waals surface area contributed by atoms with Gasteiger partial charge in [-0.2, -0.15) is 0 Å². The van der Waals surface area contributed by atoms with Crippen molar-refractivity contribution in [2.45, 2.75) is 64.7 Å². The monoisotopic (exact) mass is 413 g/mol. The van der Waals surface area contributed by atoms with Crippen molar-refractivity contribution >= 4 is 17.7 Å². The number of fused-ring (bicyclic) bond motifs is 1. The van der Waals surface area contributed by atoms with Gasteiger partial charge in [-0.15, -0.1) is 0 Å². The first-order valence-electron chi connectivity index (χ1n) is 9.99. The number of anilines is 1. The second-order valence-electron chi connectivity index (χ2n) is 8.30. The minimum Gasteiger partial charge on any atom is -0.458 e. The van der Waals surface area contributed by atoms with Crippen molar-refractivity contribution < 1.29 is 19.1 Å². The first-order valence-corrected chi connectivity index (χ1v) is 9.99. The Labute approximate surface area is 175 Å².